The first-order valence-electron chi connectivity index (χ1n) is 8.92. The van der Waals surface area contributed by atoms with Crippen LogP contribution in [0, 0.1) is 0 Å². The molecular formula is C18H38Si. The number of hydrogen-bond acceptors (Lipinski definition) is 0. The molecule has 0 N–H and O–H groups in total. The van der Waals surface area contributed by atoms with E-state index in [1.54, 1.807) is 0 Å². The van der Waals surface area contributed by atoms with Gasteiger partial charge in [-0.2, -0.15) is 0 Å². The van der Waals surface area contributed by atoms with E-state index in [1.165, 1.54) is 75.9 Å². The zero-order valence-corrected chi connectivity index (χ0v) is 15.1. The standard InChI is InChI=1S/C18H38Si/c1-5-9-10-11-12-13-14-15-16-17-18-19(6-2,7-3)8-4/h17-18H,5-16H2,1-4H3/b18-17-. The molecule has 0 aliphatic heterocycles. The molecule has 0 heterocycles. The molecule has 0 atom stereocenters. The molecule has 0 aromatic carbocycles. The third-order valence-electron chi connectivity index (χ3n) is 4.81. The Morgan fingerprint density at radius 3 is 1.58 bits per heavy atom. The van der Waals surface area contributed by atoms with E-state index in [-0.39, 0.29) is 0 Å². The van der Waals surface area contributed by atoms with Gasteiger partial charge in [0.05, 0.1) is 8.07 Å². The zero-order valence-electron chi connectivity index (χ0n) is 14.1. The molecule has 0 aliphatic carbocycles. The molecule has 0 unspecified atom stereocenters. The molecule has 0 bridgehead atoms. The van der Waals surface area contributed by atoms with Crippen molar-refractivity contribution in [1.82, 2.24) is 0 Å². The molecule has 0 fully saturated rings. The highest BCUT2D eigenvalue weighted by Crippen LogP contribution is 2.22. The summed E-state index contributed by atoms with van der Waals surface area (Å²) in [5.41, 5.74) is 2.65. The van der Waals surface area contributed by atoms with E-state index in [2.05, 4.69) is 39.5 Å². The minimum Gasteiger partial charge on any atom is -0.0981 e. The summed E-state index contributed by atoms with van der Waals surface area (Å²) >= 11 is 0. The molecule has 0 amide bonds. The van der Waals surface area contributed by atoms with Gasteiger partial charge in [0.15, 0.2) is 0 Å². The maximum Gasteiger partial charge on any atom is 0.0766 e. The van der Waals surface area contributed by atoms with E-state index in [4.69, 9.17) is 0 Å². The number of rotatable bonds is 13. The Labute approximate surface area is 124 Å². The Morgan fingerprint density at radius 1 is 0.632 bits per heavy atom. The van der Waals surface area contributed by atoms with Gasteiger partial charge in [0.25, 0.3) is 0 Å². The second kappa shape index (κ2) is 13.0. The van der Waals surface area contributed by atoms with Crippen molar-refractivity contribution in [2.45, 2.75) is 104 Å². The Morgan fingerprint density at radius 2 is 1.11 bits per heavy atom. The highest BCUT2D eigenvalue weighted by atomic mass is 28.3. The van der Waals surface area contributed by atoms with E-state index in [0.29, 0.717) is 0 Å². The van der Waals surface area contributed by atoms with Crippen LogP contribution < -0.4 is 0 Å². The molecule has 114 valence electrons. The van der Waals surface area contributed by atoms with Gasteiger partial charge in [-0.05, 0) is 12.8 Å². The average molecular weight is 283 g/mol. The van der Waals surface area contributed by atoms with Crippen LogP contribution in [0.3, 0.4) is 0 Å². The fourth-order valence-corrected chi connectivity index (χ4v) is 5.71. The second-order valence-electron chi connectivity index (χ2n) is 6.09. The lowest BCUT2D eigenvalue weighted by atomic mass is 10.1. The van der Waals surface area contributed by atoms with Gasteiger partial charge in [0.2, 0.25) is 0 Å². The summed E-state index contributed by atoms with van der Waals surface area (Å²) < 4.78 is 0. The first kappa shape index (κ1) is 19.0. The van der Waals surface area contributed by atoms with Crippen molar-refractivity contribution >= 4 is 8.07 Å². The average Bonchev–Trinajstić information content (AvgIpc) is 2.46. The van der Waals surface area contributed by atoms with Crippen LogP contribution in [0.25, 0.3) is 0 Å². The van der Waals surface area contributed by atoms with Crippen molar-refractivity contribution in [3.05, 3.63) is 11.8 Å². The molecule has 0 aliphatic rings. The first-order valence-corrected chi connectivity index (χ1v) is 11.6. The molecule has 0 radical (unpaired) electrons. The molecule has 0 aromatic rings. The van der Waals surface area contributed by atoms with Crippen molar-refractivity contribution in [3.8, 4) is 0 Å². The van der Waals surface area contributed by atoms with Crippen LogP contribution in [0.15, 0.2) is 11.8 Å². The second-order valence-corrected chi connectivity index (χ2v) is 11.3. The van der Waals surface area contributed by atoms with Crippen molar-refractivity contribution in [3.63, 3.8) is 0 Å². The minimum absolute atomic E-state index is 0.988. The molecule has 0 saturated carbocycles. The van der Waals surface area contributed by atoms with Crippen LogP contribution in [0.1, 0.15) is 85.5 Å². The Bertz CT molecular complexity index is 195. The van der Waals surface area contributed by atoms with Gasteiger partial charge in [-0.25, -0.2) is 0 Å². The fraction of sp³-hybridized carbons (Fsp3) is 0.889. The summed E-state index contributed by atoms with van der Waals surface area (Å²) in [6, 6.07) is 4.27. The highest BCUT2D eigenvalue weighted by molar-refractivity contribution is 6.84. The third kappa shape index (κ3) is 9.48. The van der Waals surface area contributed by atoms with Gasteiger partial charge < -0.3 is 0 Å². The molecular weight excluding hydrogens is 244 g/mol. The largest absolute Gasteiger partial charge is 0.0981 e. The van der Waals surface area contributed by atoms with Crippen molar-refractivity contribution in [1.29, 1.82) is 0 Å². The normalized spacial score (nSPS) is 12.4. The SMILES string of the molecule is CCCCCCCCCC/C=C\[Si](CC)(CC)CC. The Kier molecular flexibility index (Phi) is 12.9. The molecule has 0 rings (SSSR count). The summed E-state index contributed by atoms with van der Waals surface area (Å²) in [6.07, 6.45) is 15.3. The quantitative estimate of drug-likeness (QED) is 0.249. The van der Waals surface area contributed by atoms with E-state index < -0.39 is 8.07 Å². The number of unbranched alkanes of at least 4 members (excludes halogenated alkanes) is 8. The molecule has 0 saturated heterocycles. The van der Waals surface area contributed by atoms with Crippen LogP contribution in [0.5, 0.6) is 0 Å². The summed E-state index contributed by atoms with van der Waals surface area (Å²) in [6.45, 7) is 9.46. The topological polar surface area (TPSA) is 0 Å². The van der Waals surface area contributed by atoms with Gasteiger partial charge in [0, 0.05) is 0 Å². The van der Waals surface area contributed by atoms with Crippen LogP contribution in [-0.2, 0) is 0 Å². The highest BCUT2D eigenvalue weighted by Gasteiger charge is 2.22. The monoisotopic (exact) mass is 282 g/mol. The van der Waals surface area contributed by atoms with Crippen molar-refractivity contribution < 1.29 is 0 Å². The van der Waals surface area contributed by atoms with Crippen LogP contribution >= 0.6 is 0 Å². The molecule has 1 heteroatoms. The van der Waals surface area contributed by atoms with E-state index >= 15 is 0 Å². The summed E-state index contributed by atoms with van der Waals surface area (Å²) in [5.74, 6) is 0. The van der Waals surface area contributed by atoms with Crippen molar-refractivity contribution in [2.24, 2.45) is 0 Å². The van der Waals surface area contributed by atoms with Gasteiger partial charge in [0.1, 0.15) is 0 Å². The van der Waals surface area contributed by atoms with Crippen LogP contribution in [-0.4, -0.2) is 8.07 Å². The van der Waals surface area contributed by atoms with Crippen molar-refractivity contribution in [2.75, 3.05) is 0 Å². The van der Waals surface area contributed by atoms with Gasteiger partial charge in [-0.1, -0.05) is 103 Å². The maximum absolute atomic E-state index is 2.65. The molecule has 0 spiro atoms. The lowest BCUT2D eigenvalue weighted by Crippen LogP contribution is -2.28. The van der Waals surface area contributed by atoms with Gasteiger partial charge in [-0.15, -0.1) is 0 Å². The van der Waals surface area contributed by atoms with E-state index in [9.17, 15) is 0 Å². The smallest absolute Gasteiger partial charge is 0.0766 e. The molecule has 0 nitrogen and oxygen atoms in total. The summed E-state index contributed by atoms with van der Waals surface area (Å²) in [5, 5.41) is 0. The van der Waals surface area contributed by atoms with E-state index in [1.807, 2.05) is 0 Å². The Balaban J connectivity index is 3.52. The molecule has 19 heavy (non-hydrogen) atoms. The number of hydrogen-bond donors (Lipinski definition) is 0. The third-order valence-corrected chi connectivity index (χ3v) is 9.98. The summed E-state index contributed by atoms with van der Waals surface area (Å²) in [7, 11) is -0.988. The van der Waals surface area contributed by atoms with Gasteiger partial charge in [-0.3, -0.25) is 0 Å². The van der Waals surface area contributed by atoms with Crippen LogP contribution in [0.2, 0.25) is 18.1 Å². The first-order chi connectivity index (χ1) is 9.24. The zero-order chi connectivity index (χ0) is 14.4. The lowest BCUT2D eigenvalue weighted by Gasteiger charge is -2.23. The van der Waals surface area contributed by atoms with E-state index in [0.717, 1.165) is 0 Å². The predicted molar refractivity (Wildman–Crippen MR) is 93.6 cm³/mol. The maximum atomic E-state index is 2.65. The minimum atomic E-state index is -0.988. The number of allylic oxidation sites excluding steroid dienone is 1. The lowest BCUT2D eigenvalue weighted by molar-refractivity contribution is 0.577. The fourth-order valence-electron chi connectivity index (χ4n) is 2.83. The predicted octanol–water partition coefficient (Wildman–Crippen LogP) is 7.12. The van der Waals surface area contributed by atoms with Crippen LogP contribution in [0.4, 0.5) is 0 Å². The summed E-state index contributed by atoms with van der Waals surface area (Å²) in [4.78, 5) is 0. The molecule has 0 aromatic heterocycles. The Hall–Kier alpha value is -0.0431. The van der Waals surface area contributed by atoms with Gasteiger partial charge >= 0.3 is 0 Å².